The summed E-state index contributed by atoms with van der Waals surface area (Å²) < 4.78 is 13.2. The fourth-order valence-electron chi connectivity index (χ4n) is 8.15. The summed E-state index contributed by atoms with van der Waals surface area (Å²) in [5.74, 6) is 1.16. The van der Waals surface area contributed by atoms with E-state index in [2.05, 4.69) is 121 Å². The monoisotopic (exact) mass is 997 g/mol. The standard InChI is InChI=1S/C40H38NO2.C15H28O2.Ir/c1-24-29-14-12-25(22-39(2,3)4)18-34(29)42-37(24)28-16-17-41-33(21-28)32-20-27-10-8-9-11-30(27)36-31-15-13-26(23-40(5,6)7)19-35(31)43-38(32)36;1-7-14(5,8-2)12(16)11-13(17)15(6,9-3)10-4;/h8-19,21H,22-23H2,1-7H3;11,16H,7-10H2,1-6H3;/q-1;;/b;12-11-;. The number of ketones is 1. The number of hydrogen-bond donors (Lipinski definition) is 1. The van der Waals surface area contributed by atoms with Crippen LogP contribution in [-0.2, 0) is 37.7 Å². The van der Waals surface area contributed by atoms with E-state index in [0.29, 0.717) is 0 Å². The van der Waals surface area contributed by atoms with Crippen LogP contribution in [0.2, 0.25) is 0 Å². The van der Waals surface area contributed by atoms with Gasteiger partial charge in [-0.15, -0.1) is 17.5 Å². The molecule has 0 spiro atoms. The van der Waals surface area contributed by atoms with Gasteiger partial charge < -0.3 is 13.9 Å². The first-order valence-electron chi connectivity index (χ1n) is 22.0. The molecule has 3 heterocycles. The van der Waals surface area contributed by atoms with Gasteiger partial charge in [-0.05, 0) is 91.0 Å². The van der Waals surface area contributed by atoms with E-state index in [0.717, 1.165) is 110 Å². The van der Waals surface area contributed by atoms with Crippen LogP contribution < -0.4 is 0 Å². The molecule has 4 aromatic carbocycles. The molecule has 0 bridgehead atoms. The molecule has 0 aliphatic rings. The molecule has 3 aromatic heterocycles. The van der Waals surface area contributed by atoms with Crippen molar-refractivity contribution in [1.82, 2.24) is 4.98 Å². The summed E-state index contributed by atoms with van der Waals surface area (Å²) in [5, 5.41) is 15.7. The van der Waals surface area contributed by atoms with Crippen LogP contribution in [-0.4, -0.2) is 15.9 Å². The molecule has 0 aliphatic carbocycles. The van der Waals surface area contributed by atoms with E-state index < -0.39 is 0 Å². The second kappa shape index (κ2) is 18.5. The Bertz CT molecular complexity index is 2690. The summed E-state index contributed by atoms with van der Waals surface area (Å²) in [7, 11) is 0. The first kappa shape index (κ1) is 47.5. The number of aryl methyl sites for hydroxylation is 1. The van der Waals surface area contributed by atoms with Crippen molar-refractivity contribution >= 4 is 49.5 Å². The molecule has 0 saturated carbocycles. The minimum absolute atomic E-state index is 0. The molecule has 1 radical (unpaired) electrons. The molecule has 0 unspecified atom stereocenters. The zero-order chi connectivity index (χ0) is 43.8. The zero-order valence-electron chi connectivity index (χ0n) is 38.8. The molecule has 0 aliphatic heterocycles. The minimum Gasteiger partial charge on any atom is -0.512 e. The number of aliphatic hydroxyl groups excluding tert-OH is 1. The van der Waals surface area contributed by atoms with Crippen LogP contribution in [0.4, 0.5) is 0 Å². The van der Waals surface area contributed by atoms with Crippen LogP contribution in [0.15, 0.2) is 99.7 Å². The molecule has 0 fully saturated rings. The van der Waals surface area contributed by atoms with Crippen molar-refractivity contribution in [3.8, 4) is 22.6 Å². The van der Waals surface area contributed by atoms with Gasteiger partial charge in [0.15, 0.2) is 5.78 Å². The summed E-state index contributed by atoms with van der Waals surface area (Å²) >= 11 is 0. The van der Waals surface area contributed by atoms with Gasteiger partial charge >= 0.3 is 0 Å². The average Bonchev–Trinajstić information content (AvgIpc) is 3.75. The number of aromatic nitrogens is 1. The maximum absolute atomic E-state index is 12.2. The summed E-state index contributed by atoms with van der Waals surface area (Å²) in [6, 6.07) is 29.5. The molecule has 325 valence electrons. The second-order valence-electron chi connectivity index (χ2n) is 19.9. The van der Waals surface area contributed by atoms with E-state index in [-0.39, 0.29) is 53.3 Å². The summed E-state index contributed by atoms with van der Waals surface area (Å²) in [4.78, 5) is 17.0. The quantitative estimate of drug-likeness (QED) is 0.0794. The molecule has 0 amide bonds. The average molecular weight is 997 g/mol. The Morgan fingerprint density at radius 2 is 1.26 bits per heavy atom. The Hall–Kier alpha value is -4.51. The van der Waals surface area contributed by atoms with E-state index >= 15 is 0 Å². The van der Waals surface area contributed by atoms with Crippen molar-refractivity contribution in [2.45, 2.75) is 129 Å². The molecule has 1 N–H and O–H groups in total. The number of furan rings is 2. The number of carbonyl (C=O) groups is 1. The molecular formula is C55H66IrNO4-. The van der Waals surface area contributed by atoms with Gasteiger partial charge in [0.05, 0.1) is 5.58 Å². The van der Waals surface area contributed by atoms with Crippen molar-refractivity contribution in [3.63, 3.8) is 0 Å². The first-order chi connectivity index (χ1) is 28.2. The Kier molecular flexibility index (Phi) is 14.4. The van der Waals surface area contributed by atoms with Gasteiger partial charge in [-0.3, -0.25) is 9.78 Å². The smallest absolute Gasteiger partial charge is 0.164 e. The zero-order valence-corrected chi connectivity index (χ0v) is 41.2. The number of benzene rings is 4. The van der Waals surface area contributed by atoms with Gasteiger partial charge in [-0.25, -0.2) is 0 Å². The summed E-state index contributed by atoms with van der Waals surface area (Å²) in [5.41, 5.74) is 8.83. The first-order valence-corrected chi connectivity index (χ1v) is 22.0. The van der Waals surface area contributed by atoms with Crippen molar-refractivity contribution in [1.29, 1.82) is 0 Å². The molecule has 7 rings (SSSR count). The number of allylic oxidation sites excluding steroid dienone is 2. The van der Waals surface area contributed by atoms with E-state index in [1.165, 1.54) is 17.2 Å². The Balaban J connectivity index is 0.000000334. The largest absolute Gasteiger partial charge is 0.512 e. The van der Waals surface area contributed by atoms with Crippen LogP contribution in [0.5, 0.6) is 0 Å². The van der Waals surface area contributed by atoms with Crippen LogP contribution in [0, 0.1) is 34.7 Å². The van der Waals surface area contributed by atoms with Gasteiger partial charge in [0.25, 0.3) is 0 Å². The Morgan fingerprint density at radius 1 is 0.705 bits per heavy atom. The molecule has 0 saturated heterocycles. The van der Waals surface area contributed by atoms with Gasteiger partial charge in [-0.2, -0.15) is 0 Å². The molecule has 61 heavy (non-hydrogen) atoms. The van der Waals surface area contributed by atoms with Crippen LogP contribution >= 0.6 is 0 Å². The normalized spacial score (nSPS) is 12.8. The number of rotatable bonds is 11. The number of aliphatic hydroxyl groups is 1. The van der Waals surface area contributed by atoms with Crippen LogP contribution in [0.25, 0.3) is 66.3 Å². The topological polar surface area (TPSA) is 76.5 Å². The maximum Gasteiger partial charge on any atom is 0.164 e. The molecule has 7 aromatic rings. The third kappa shape index (κ3) is 10.2. The fraction of sp³-hybridized carbons (Fsp3) is 0.418. The number of fused-ring (bicyclic) bond motifs is 6. The number of carbonyl (C=O) groups excluding carboxylic acids is 1. The van der Waals surface area contributed by atoms with Crippen molar-refractivity contribution in [2.75, 3.05) is 0 Å². The minimum atomic E-state index is -0.337. The van der Waals surface area contributed by atoms with Gasteiger partial charge in [0, 0.05) is 70.8 Å². The Labute approximate surface area is 377 Å². The SMILES string of the molecule is CCC(C)(CC)C(=O)/C=C(\O)C(C)(CC)CC.Cc1c(-c2ccnc(-c3[c-]c4ccccc4c4c3oc3cc(CC(C)(C)C)ccc34)c2)oc2cc(CC(C)(C)C)ccc12.[Ir]. The van der Waals surface area contributed by atoms with Crippen LogP contribution in [0.1, 0.15) is 125 Å². The van der Waals surface area contributed by atoms with Crippen molar-refractivity contribution < 1.29 is 38.8 Å². The predicted octanol–water partition coefficient (Wildman–Crippen LogP) is 16.1. The van der Waals surface area contributed by atoms with Gasteiger partial charge in [0.1, 0.15) is 22.7 Å². The fourth-order valence-corrected chi connectivity index (χ4v) is 8.15. The van der Waals surface area contributed by atoms with Gasteiger partial charge in [-0.1, -0.05) is 143 Å². The van der Waals surface area contributed by atoms with E-state index in [9.17, 15) is 9.90 Å². The molecule has 6 heteroatoms. The summed E-state index contributed by atoms with van der Waals surface area (Å²) in [6.45, 7) is 27.8. The summed E-state index contributed by atoms with van der Waals surface area (Å²) in [6.07, 6.45) is 8.60. The number of pyridine rings is 1. The van der Waals surface area contributed by atoms with Crippen molar-refractivity contribution in [3.05, 3.63) is 114 Å². The van der Waals surface area contributed by atoms with Crippen molar-refractivity contribution in [2.24, 2.45) is 21.7 Å². The van der Waals surface area contributed by atoms with Gasteiger partial charge in [0.2, 0.25) is 0 Å². The maximum atomic E-state index is 12.2. The second-order valence-corrected chi connectivity index (χ2v) is 19.9. The Morgan fingerprint density at radius 3 is 1.84 bits per heavy atom. The molecule has 5 nitrogen and oxygen atoms in total. The number of hydrogen-bond acceptors (Lipinski definition) is 5. The van der Waals surface area contributed by atoms with Crippen LogP contribution in [0.3, 0.4) is 0 Å². The number of nitrogens with zero attached hydrogens (tertiary/aromatic N) is 1. The third-order valence-corrected chi connectivity index (χ3v) is 12.8. The molecule has 0 atom stereocenters. The van der Waals surface area contributed by atoms with E-state index in [4.69, 9.17) is 13.8 Å². The van der Waals surface area contributed by atoms with E-state index in [1.807, 2.05) is 53.8 Å². The van der Waals surface area contributed by atoms with E-state index in [1.54, 1.807) is 0 Å². The predicted molar refractivity (Wildman–Crippen MR) is 253 cm³/mol. The molecular weight excluding hydrogens is 931 g/mol. The third-order valence-electron chi connectivity index (χ3n) is 12.8.